The van der Waals surface area contributed by atoms with Gasteiger partial charge in [0.15, 0.2) is 0 Å². The van der Waals surface area contributed by atoms with Gasteiger partial charge in [-0.3, -0.25) is 24.5 Å². The molecule has 1 aromatic rings. The Balaban J connectivity index is 1.76. The van der Waals surface area contributed by atoms with Crippen molar-refractivity contribution < 1.29 is 37.6 Å². The predicted octanol–water partition coefficient (Wildman–Crippen LogP) is -1.26. The second kappa shape index (κ2) is 7.97. The molecule has 0 aromatic heterocycles. The van der Waals surface area contributed by atoms with Crippen molar-refractivity contribution in [2.75, 3.05) is 19.7 Å². The molecule has 2 heterocycles. The number of nitro benzene ring substituents is 1. The number of rotatable bonds is 7. The summed E-state index contributed by atoms with van der Waals surface area (Å²) in [6.07, 6.45) is -1.04. The zero-order valence-electron chi connectivity index (χ0n) is 15.6. The molecule has 14 heteroatoms. The molecule has 30 heavy (non-hydrogen) atoms. The molecule has 13 nitrogen and oxygen atoms in total. The highest BCUT2D eigenvalue weighted by Gasteiger charge is 2.52. The van der Waals surface area contributed by atoms with Crippen LogP contribution < -0.4 is 5.32 Å². The fraction of sp³-hybridized carbons (Fsp3) is 0.438. The summed E-state index contributed by atoms with van der Waals surface area (Å²) in [6, 6.07) is 1.89. The Kier molecular flexibility index (Phi) is 5.74. The number of piperazine rings is 1. The van der Waals surface area contributed by atoms with Crippen LogP contribution in [-0.4, -0.2) is 83.4 Å². The number of aliphatic carboxylic acids is 1. The molecule has 0 saturated carbocycles. The van der Waals surface area contributed by atoms with E-state index in [0.717, 1.165) is 33.5 Å². The molecule has 2 amide bonds. The fourth-order valence-corrected chi connectivity index (χ4v) is 4.85. The van der Waals surface area contributed by atoms with Crippen LogP contribution in [0.4, 0.5) is 5.69 Å². The Hall–Kier alpha value is -3.10. The van der Waals surface area contributed by atoms with E-state index in [1.165, 1.54) is 6.92 Å². The second-order valence-corrected chi connectivity index (χ2v) is 8.58. The molecule has 162 valence electrons. The van der Waals surface area contributed by atoms with Gasteiger partial charge in [-0.05, 0) is 19.1 Å². The van der Waals surface area contributed by atoms with Crippen LogP contribution in [0.15, 0.2) is 29.2 Å². The molecule has 1 aromatic carbocycles. The number of carbonyl (C=O) groups is 3. The first-order valence-electron chi connectivity index (χ1n) is 8.73. The molecule has 3 rings (SSSR count). The van der Waals surface area contributed by atoms with Gasteiger partial charge in [0.1, 0.15) is 18.3 Å². The summed E-state index contributed by atoms with van der Waals surface area (Å²) < 4.78 is 32.3. The van der Waals surface area contributed by atoms with Gasteiger partial charge in [0, 0.05) is 12.1 Å². The van der Waals surface area contributed by atoms with Gasteiger partial charge >= 0.3 is 5.97 Å². The molecule has 2 fully saturated rings. The summed E-state index contributed by atoms with van der Waals surface area (Å²) in [5, 5.41) is 21.8. The van der Waals surface area contributed by atoms with Crippen molar-refractivity contribution in [1.29, 1.82) is 0 Å². The number of sulfonamides is 1. The van der Waals surface area contributed by atoms with E-state index in [1.807, 2.05) is 0 Å². The lowest BCUT2D eigenvalue weighted by Gasteiger charge is -2.37. The Bertz CT molecular complexity index is 994. The number of nitrogens with zero attached hydrogens (tertiary/aromatic N) is 3. The topological polar surface area (TPSA) is 176 Å². The van der Waals surface area contributed by atoms with Crippen molar-refractivity contribution in [3.05, 3.63) is 34.4 Å². The highest BCUT2D eigenvalue weighted by Crippen LogP contribution is 2.32. The molecule has 0 aliphatic carbocycles. The highest BCUT2D eigenvalue weighted by molar-refractivity contribution is 7.89. The summed E-state index contributed by atoms with van der Waals surface area (Å²) in [4.78, 5) is 46.5. The lowest BCUT2D eigenvalue weighted by Crippen LogP contribution is -2.61. The zero-order chi connectivity index (χ0) is 22.2. The van der Waals surface area contributed by atoms with Gasteiger partial charge in [-0.15, -0.1) is 0 Å². The molecular weight excluding hydrogens is 424 g/mol. The van der Waals surface area contributed by atoms with Crippen molar-refractivity contribution >= 4 is 33.5 Å². The summed E-state index contributed by atoms with van der Waals surface area (Å²) >= 11 is 0. The van der Waals surface area contributed by atoms with E-state index in [9.17, 15) is 32.9 Å². The fourth-order valence-electron chi connectivity index (χ4n) is 3.20. The molecule has 2 saturated heterocycles. The highest BCUT2D eigenvalue weighted by atomic mass is 32.2. The largest absolute Gasteiger partial charge is 0.480 e. The summed E-state index contributed by atoms with van der Waals surface area (Å²) in [6.45, 7) is 0.386. The quantitative estimate of drug-likeness (QED) is 0.385. The Morgan fingerprint density at radius 2 is 2.00 bits per heavy atom. The van der Waals surface area contributed by atoms with Crippen molar-refractivity contribution in [3.63, 3.8) is 0 Å². The first kappa shape index (κ1) is 21.6. The number of ether oxygens (including phenoxy) is 1. The molecule has 3 atom stereocenters. The SMILES string of the molecule is C[C@H](NC(=O)CN1C[C@@H]2OC[C@@H](C1=O)N2S(=O)(=O)c1ccc([N+](=O)[O-])cc1)C(=O)O. The van der Waals surface area contributed by atoms with Crippen LogP contribution in [0, 0.1) is 10.1 Å². The Labute approximate surface area is 170 Å². The minimum atomic E-state index is -4.20. The van der Waals surface area contributed by atoms with Crippen LogP contribution in [0.5, 0.6) is 0 Å². The Morgan fingerprint density at radius 3 is 2.57 bits per heavy atom. The monoisotopic (exact) mass is 442 g/mol. The predicted molar refractivity (Wildman–Crippen MR) is 97.5 cm³/mol. The van der Waals surface area contributed by atoms with Gasteiger partial charge in [0.25, 0.3) is 5.69 Å². The number of non-ortho nitro benzene ring substituents is 1. The number of hydrogen-bond acceptors (Lipinski definition) is 8. The molecule has 2 bridgehead atoms. The third-order valence-corrected chi connectivity index (χ3v) is 6.63. The Morgan fingerprint density at radius 1 is 1.37 bits per heavy atom. The number of nitrogens with one attached hydrogen (secondary N) is 1. The maximum atomic E-state index is 13.0. The number of fused-ring (bicyclic) bond motifs is 2. The van der Waals surface area contributed by atoms with Crippen LogP contribution in [-0.2, 0) is 29.1 Å². The van der Waals surface area contributed by atoms with E-state index in [2.05, 4.69) is 5.32 Å². The number of carboxylic acid groups (broad SMARTS) is 1. The number of carbonyl (C=O) groups excluding carboxylic acids is 2. The summed E-state index contributed by atoms with van der Waals surface area (Å²) in [5.74, 6) is -2.60. The molecule has 2 aliphatic rings. The molecule has 0 unspecified atom stereocenters. The number of nitro groups is 1. The van der Waals surface area contributed by atoms with E-state index < -0.39 is 57.6 Å². The number of benzene rings is 1. The van der Waals surface area contributed by atoms with E-state index in [0.29, 0.717) is 0 Å². The normalized spacial score (nSPS) is 22.6. The van der Waals surface area contributed by atoms with Crippen molar-refractivity contribution in [2.24, 2.45) is 0 Å². The minimum absolute atomic E-state index is 0.209. The van der Waals surface area contributed by atoms with Gasteiger partial charge in [-0.25, -0.2) is 8.42 Å². The van der Waals surface area contributed by atoms with Crippen LogP contribution in [0.1, 0.15) is 6.92 Å². The van der Waals surface area contributed by atoms with Crippen LogP contribution in [0.2, 0.25) is 0 Å². The molecule has 0 spiro atoms. The summed E-state index contributed by atoms with van der Waals surface area (Å²) in [5.41, 5.74) is -0.282. The van der Waals surface area contributed by atoms with Gasteiger partial charge in [0.2, 0.25) is 21.8 Å². The van der Waals surface area contributed by atoms with Crippen LogP contribution >= 0.6 is 0 Å². The molecule has 2 N–H and O–H groups in total. The minimum Gasteiger partial charge on any atom is -0.480 e. The number of amides is 2. The van der Waals surface area contributed by atoms with Gasteiger partial charge in [-0.2, -0.15) is 4.31 Å². The second-order valence-electron chi connectivity index (χ2n) is 6.74. The average molecular weight is 442 g/mol. The molecular formula is C16H18N4O9S. The molecule has 2 aliphatic heterocycles. The lowest BCUT2D eigenvalue weighted by molar-refractivity contribution is -0.384. The zero-order valence-corrected chi connectivity index (χ0v) is 16.4. The van der Waals surface area contributed by atoms with E-state index >= 15 is 0 Å². The first-order valence-corrected chi connectivity index (χ1v) is 10.2. The van der Waals surface area contributed by atoms with Crippen LogP contribution in [0.3, 0.4) is 0 Å². The number of hydrogen-bond donors (Lipinski definition) is 2. The lowest BCUT2D eigenvalue weighted by atomic mass is 10.2. The van der Waals surface area contributed by atoms with Crippen molar-refractivity contribution in [1.82, 2.24) is 14.5 Å². The number of carboxylic acids is 1. The third kappa shape index (κ3) is 3.96. The maximum Gasteiger partial charge on any atom is 0.325 e. The van der Waals surface area contributed by atoms with Gasteiger partial charge in [-0.1, -0.05) is 0 Å². The van der Waals surface area contributed by atoms with Gasteiger partial charge < -0.3 is 20.1 Å². The van der Waals surface area contributed by atoms with Crippen LogP contribution in [0.25, 0.3) is 0 Å². The standard InChI is InChI=1S/C16H18N4O9S/c1-9(16(23)24)17-13(21)6-18-7-14-19(12(8-29-14)15(18)22)30(27,28)11-4-2-10(3-5-11)20(25)26/h2-5,9,12,14H,6-8H2,1H3,(H,17,21)(H,23,24)/t9-,12-,14-/m0/s1. The summed E-state index contributed by atoms with van der Waals surface area (Å²) in [7, 11) is -4.20. The van der Waals surface area contributed by atoms with Crippen molar-refractivity contribution in [3.8, 4) is 0 Å². The maximum absolute atomic E-state index is 13.0. The van der Waals surface area contributed by atoms with Crippen molar-refractivity contribution in [2.45, 2.75) is 30.1 Å². The van der Waals surface area contributed by atoms with E-state index in [-0.39, 0.29) is 23.7 Å². The van der Waals surface area contributed by atoms with E-state index in [1.54, 1.807) is 0 Å². The smallest absolute Gasteiger partial charge is 0.325 e. The first-order chi connectivity index (χ1) is 14.0. The van der Waals surface area contributed by atoms with E-state index in [4.69, 9.17) is 9.84 Å². The average Bonchev–Trinajstić information content (AvgIpc) is 3.04. The van der Waals surface area contributed by atoms with Gasteiger partial charge in [0.05, 0.1) is 29.5 Å². The third-order valence-electron chi connectivity index (χ3n) is 4.72. The molecule has 0 radical (unpaired) electrons.